The van der Waals surface area contributed by atoms with Crippen LogP contribution in [0.25, 0.3) is 0 Å². The van der Waals surface area contributed by atoms with E-state index in [9.17, 15) is 9.32 Å². The highest BCUT2D eigenvalue weighted by atomic mass is 32.2. The summed E-state index contributed by atoms with van der Waals surface area (Å²) in [5, 5.41) is 10.0. The van der Waals surface area contributed by atoms with Crippen LogP contribution < -0.4 is 4.90 Å². The topological polar surface area (TPSA) is 40.5 Å². The lowest BCUT2D eigenvalue weighted by Gasteiger charge is -2.31. The molecule has 0 bridgehead atoms. The van der Waals surface area contributed by atoms with Gasteiger partial charge in [0.25, 0.3) is 0 Å². The summed E-state index contributed by atoms with van der Waals surface area (Å²) < 4.78 is 11.3. The molecule has 1 aliphatic rings. The highest BCUT2D eigenvalue weighted by molar-refractivity contribution is 7.85. The molecule has 1 aliphatic heterocycles. The minimum atomic E-state index is -0.658. The van der Waals surface area contributed by atoms with Crippen LogP contribution in [0.4, 0.5) is 5.69 Å². The van der Waals surface area contributed by atoms with Crippen LogP contribution in [0.1, 0.15) is 25.0 Å². The van der Waals surface area contributed by atoms with Gasteiger partial charge in [0.05, 0.1) is 6.10 Å². The number of rotatable bonds is 3. The van der Waals surface area contributed by atoms with E-state index >= 15 is 0 Å². The SMILES string of the molecule is CC[C@H](O)c1ccccc1N1CCS(=O)CC1. The van der Waals surface area contributed by atoms with Crippen molar-refractivity contribution in [1.29, 1.82) is 0 Å². The van der Waals surface area contributed by atoms with Crippen molar-refractivity contribution in [2.45, 2.75) is 19.4 Å². The number of nitrogens with zero attached hydrogens (tertiary/aromatic N) is 1. The van der Waals surface area contributed by atoms with E-state index < -0.39 is 16.9 Å². The number of benzene rings is 1. The van der Waals surface area contributed by atoms with Gasteiger partial charge < -0.3 is 10.0 Å². The molecular formula is C13H19NO2S. The molecule has 0 saturated carbocycles. The molecule has 94 valence electrons. The molecule has 0 radical (unpaired) electrons. The summed E-state index contributed by atoms with van der Waals surface area (Å²) in [6.45, 7) is 3.62. The minimum Gasteiger partial charge on any atom is -0.388 e. The van der Waals surface area contributed by atoms with Gasteiger partial charge >= 0.3 is 0 Å². The van der Waals surface area contributed by atoms with Crippen LogP contribution in [0.3, 0.4) is 0 Å². The van der Waals surface area contributed by atoms with Crippen LogP contribution in [0.15, 0.2) is 24.3 Å². The van der Waals surface area contributed by atoms with E-state index in [0.717, 1.165) is 42.3 Å². The molecule has 1 saturated heterocycles. The normalized spacial score (nSPS) is 19.3. The molecule has 1 heterocycles. The Balaban J connectivity index is 2.22. The summed E-state index contributed by atoms with van der Waals surface area (Å²) in [5.74, 6) is 1.47. The van der Waals surface area contributed by atoms with E-state index in [2.05, 4.69) is 4.90 Å². The van der Waals surface area contributed by atoms with Gasteiger partial charge in [-0.1, -0.05) is 25.1 Å². The lowest BCUT2D eigenvalue weighted by molar-refractivity contribution is 0.174. The molecule has 1 aromatic carbocycles. The predicted octanol–water partition coefficient (Wildman–Crippen LogP) is 1.70. The third-order valence-electron chi connectivity index (χ3n) is 3.20. The Labute approximate surface area is 105 Å². The van der Waals surface area contributed by atoms with E-state index in [4.69, 9.17) is 0 Å². The minimum absolute atomic E-state index is 0.404. The first kappa shape index (κ1) is 12.6. The Hall–Kier alpha value is -0.870. The van der Waals surface area contributed by atoms with Crippen LogP contribution in [-0.4, -0.2) is 33.9 Å². The molecule has 0 aromatic heterocycles. The zero-order valence-corrected chi connectivity index (χ0v) is 10.9. The number of hydrogen-bond donors (Lipinski definition) is 1. The van der Waals surface area contributed by atoms with Gasteiger partial charge in [0.15, 0.2) is 0 Å². The smallest absolute Gasteiger partial charge is 0.0807 e. The molecule has 1 fully saturated rings. The molecule has 0 aliphatic carbocycles. The number of anilines is 1. The van der Waals surface area contributed by atoms with Gasteiger partial charge in [-0.05, 0) is 12.5 Å². The standard InChI is InChI=1S/C13H19NO2S/c1-2-13(15)11-5-3-4-6-12(11)14-7-9-17(16)10-8-14/h3-6,13,15H,2,7-10H2,1H3/t13-/m0/s1. The van der Waals surface area contributed by atoms with Crippen LogP contribution in [0.2, 0.25) is 0 Å². The van der Waals surface area contributed by atoms with Crippen molar-refractivity contribution in [3.05, 3.63) is 29.8 Å². The van der Waals surface area contributed by atoms with E-state index in [0.29, 0.717) is 0 Å². The summed E-state index contributed by atoms with van der Waals surface area (Å²) in [5.41, 5.74) is 2.08. The molecule has 1 aromatic rings. The first-order valence-electron chi connectivity index (χ1n) is 6.09. The predicted molar refractivity (Wildman–Crippen MR) is 71.8 cm³/mol. The van der Waals surface area contributed by atoms with Gasteiger partial charge in [-0.15, -0.1) is 0 Å². The maximum atomic E-state index is 11.3. The van der Waals surface area contributed by atoms with Crippen molar-refractivity contribution in [3.63, 3.8) is 0 Å². The maximum absolute atomic E-state index is 11.3. The van der Waals surface area contributed by atoms with Crippen LogP contribution in [-0.2, 0) is 10.8 Å². The fourth-order valence-corrected chi connectivity index (χ4v) is 3.21. The summed E-state index contributed by atoms with van der Waals surface area (Å²) >= 11 is 0. The third-order valence-corrected chi connectivity index (χ3v) is 4.48. The molecular weight excluding hydrogens is 234 g/mol. The van der Waals surface area contributed by atoms with Crippen molar-refractivity contribution in [2.24, 2.45) is 0 Å². The molecule has 1 N–H and O–H groups in total. The molecule has 2 rings (SSSR count). The zero-order valence-electron chi connectivity index (χ0n) is 10.1. The van der Waals surface area contributed by atoms with Crippen molar-refractivity contribution >= 4 is 16.5 Å². The second-order valence-corrected chi connectivity index (χ2v) is 6.01. The molecule has 1 atom stereocenters. The Bertz CT molecular complexity index is 398. The molecule has 17 heavy (non-hydrogen) atoms. The zero-order chi connectivity index (χ0) is 12.3. The molecule has 0 spiro atoms. The van der Waals surface area contributed by atoms with Gasteiger partial charge in [0.1, 0.15) is 0 Å². The number of aliphatic hydroxyl groups is 1. The van der Waals surface area contributed by atoms with Crippen LogP contribution >= 0.6 is 0 Å². The Morgan fingerprint density at radius 3 is 2.65 bits per heavy atom. The maximum Gasteiger partial charge on any atom is 0.0807 e. The second-order valence-electron chi connectivity index (χ2n) is 4.32. The van der Waals surface area contributed by atoms with E-state index in [1.165, 1.54) is 0 Å². The summed E-state index contributed by atoms with van der Waals surface area (Å²) in [6.07, 6.45) is 0.315. The Morgan fingerprint density at radius 2 is 2.00 bits per heavy atom. The summed E-state index contributed by atoms with van der Waals surface area (Å²) in [4.78, 5) is 2.23. The molecule has 0 unspecified atom stereocenters. The summed E-state index contributed by atoms with van der Waals surface area (Å²) in [7, 11) is -0.658. The molecule has 4 heteroatoms. The first-order valence-corrected chi connectivity index (χ1v) is 7.58. The van der Waals surface area contributed by atoms with Gasteiger partial charge in [0.2, 0.25) is 0 Å². The number of hydrogen-bond acceptors (Lipinski definition) is 3. The fraction of sp³-hybridized carbons (Fsp3) is 0.538. The third kappa shape index (κ3) is 2.87. The highest BCUT2D eigenvalue weighted by Gasteiger charge is 2.19. The van der Waals surface area contributed by atoms with E-state index in [1.54, 1.807) is 0 Å². The number of para-hydroxylation sites is 1. The van der Waals surface area contributed by atoms with Crippen molar-refractivity contribution in [1.82, 2.24) is 0 Å². The monoisotopic (exact) mass is 253 g/mol. The largest absolute Gasteiger partial charge is 0.388 e. The van der Waals surface area contributed by atoms with Crippen molar-refractivity contribution in [3.8, 4) is 0 Å². The van der Waals surface area contributed by atoms with Gasteiger partial charge in [-0.2, -0.15) is 0 Å². The lowest BCUT2D eigenvalue weighted by atomic mass is 10.0. The van der Waals surface area contributed by atoms with E-state index in [1.807, 2.05) is 31.2 Å². The van der Waals surface area contributed by atoms with Gasteiger partial charge in [-0.25, -0.2) is 0 Å². The van der Waals surface area contributed by atoms with E-state index in [-0.39, 0.29) is 0 Å². The molecule has 0 amide bonds. The first-order chi connectivity index (χ1) is 8.22. The van der Waals surface area contributed by atoms with Gasteiger partial charge in [-0.3, -0.25) is 4.21 Å². The summed E-state index contributed by atoms with van der Waals surface area (Å²) in [6, 6.07) is 7.98. The number of aliphatic hydroxyl groups excluding tert-OH is 1. The highest BCUT2D eigenvalue weighted by Crippen LogP contribution is 2.28. The average molecular weight is 253 g/mol. The van der Waals surface area contributed by atoms with Crippen LogP contribution in [0.5, 0.6) is 0 Å². The Kier molecular flexibility index (Phi) is 4.18. The van der Waals surface area contributed by atoms with Crippen molar-refractivity contribution in [2.75, 3.05) is 29.5 Å². The Morgan fingerprint density at radius 1 is 1.35 bits per heavy atom. The lowest BCUT2D eigenvalue weighted by Crippen LogP contribution is -2.38. The van der Waals surface area contributed by atoms with Gasteiger partial charge in [0, 0.05) is 46.6 Å². The van der Waals surface area contributed by atoms with Crippen LogP contribution in [0, 0.1) is 0 Å². The van der Waals surface area contributed by atoms with Crippen molar-refractivity contribution < 1.29 is 9.32 Å². The molecule has 3 nitrogen and oxygen atoms in total. The fourth-order valence-electron chi connectivity index (χ4n) is 2.16. The second kappa shape index (κ2) is 5.65. The quantitative estimate of drug-likeness (QED) is 0.891. The average Bonchev–Trinajstić information content (AvgIpc) is 2.39.